The summed E-state index contributed by atoms with van der Waals surface area (Å²) in [5.41, 5.74) is 2.61. The third-order valence-electron chi connectivity index (χ3n) is 6.67. The summed E-state index contributed by atoms with van der Waals surface area (Å²) in [6.07, 6.45) is 11.2. The lowest BCUT2D eigenvalue weighted by atomic mass is 9.60. The minimum Gasteiger partial charge on any atom is -0.378 e. The Bertz CT molecular complexity index is 635. The fourth-order valence-corrected chi connectivity index (χ4v) is 5.30. The van der Waals surface area contributed by atoms with Crippen LogP contribution in [0.2, 0.25) is 0 Å². The second kappa shape index (κ2) is 6.63. The van der Waals surface area contributed by atoms with Crippen molar-refractivity contribution >= 4 is 6.03 Å². The molecule has 0 aromatic carbocycles. The first-order valence-electron chi connectivity index (χ1n) is 9.83. The van der Waals surface area contributed by atoms with Gasteiger partial charge in [-0.3, -0.25) is 4.68 Å². The molecule has 2 amide bonds. The number of carbonyl (C=O) groups is 1. The highest BCUT2D eigenvalue weighted by molar-refractivity contribution is 5.75. The number of nitrogens with zero attached hydrogens (tertiary/aromatic N) is 2. The number of hydrogen-bond acceptors (Lipinski definition) is 3. The first-order chi connectivity index (χ1) is 12.1. The highest BCUT2D eigenvalue weighted by Gasteiger charge is 2.57. The Morgan fingerprint density at radius 2 is 2.16 bits per heavy atom. The quantitative estimate of drug-likeness (QED) is 0.881. The van der Waals surface area contributed by atoms with Crippen LogP contribution in [0, 0.1) is 5.41 Å². The van der Waals surface area contributed by atoms with Crippen LogP contribution in [0.25, 0.3) is 0 Å². The zero-order chi connectivity index (χ0) is 17.4. The van der Waals surface area contributed by atoms with Crippen LogP contribution in [0.1, 0.15) is 69.2 Å². The number of rotatable bonds is 4. The Kier molecular flexibility index (Phi) is 4.48. The lowest BCUT2D eigenvalue weighted by Crippen LogP contribution is -2.64. The molecule has 25 heavy (non-hydrogen) atoms. The molecule has 1 spiro atoms. The molecular formula is C19H30N4O2. The fraction of sp³-hybridized carbons (Fsp3) is 0.789. The molecule has 0 bridgehead atoms. The second-order valence-electron chi connectivity index (χ2n) is 7.91. The second-order valence-corrected chi connectivity index (χ2v) is 7.91. The van der Waals surface area contributed by atoms with Crippen molar-refractivity contribution in [3.8, 4) is 0 Å². The van der Waals surface area contributed by atoms with Gasteiger partial charge in [0.25, 0.3) is 0 Å². The minimum atomic E-state index is -0.0343. The zero-order valence-electron chi connectivity index (χ0n) is 15.4. The van der Waals surface area contributed by atoms with Gasteiger partial charge in [0.2, 0.25) is 0 Å². The Balaban J connectivity index is 1.38. The first kappa shape index (κ1) is 16.9. The smallest absolute Gasteiger partial charge is 0.315 e. The highest BCUT2D eigenvalue weighted by Crippen LogP contribution is 2.54. The maximum Gasteiger partial charge on any atom is 0.315 e. The van der Waals surface area contributed by atoms with Gasteiger partial charge in [-0.1, -0.05) is 12.8 Å². The van der Waals surface area contributed by atoms with Crippen molar-refractivity contribution in [3.05, 3.63) is 17.5 Å². The molecule has 4 rings (SSSR count). The molecule has 6 heteroatoms. The zero-order valence-corrected chi connectivity index (χ0v) is 15.4. The molecule has 2 N–H and O–H groups in total. The van der Waals surface area contributed by atoms with Gasteiger partial charge in [-0.05, 0) is 45.4 Å². The van der Waals surface area contributed by atoms with Gasteiger partial charge in [0.1, 0.15) is 0 Å². The number of carbonyl (C=O) groups excluding carboxylic acids is 1. The number of ether oxygens (including phenoxy) is 1. The summed E-state index contributed by atoms with van der Waals surface area (Å²) < 4.78 is 7.88. The molecule has 2 fully saturated rings. The summed E-state index contributed by atoms with van der Waals surface area (Å²) >= 11 is 0. The molecular weight excluding hydrogens is 316 g/mol. The van der Waals surface area contributed by atoms with Crippen LogP contribution in [0.4, 0.5) is 4.79 Å². The number of aryl methyl sites for hydroxylation is 1. The maximum atomic E-state index is 12.6. The van der Waals surface area contributed by atoms with Crippen LogP contribution < -0.4 is 10.6 Å². The average molecular weight is 346 g/mol. The molecule has 3 aliphatic rings. The molecule has 1 heterocycles. The molecule has 3 atom stereocenters. The fourth-order valence-electron chi connectivity index (χ4n) is 5.30. The number of hydrogen-bond donors (Lipinski definition) is 2. The summed E-state index contributed by atoms with van der Waals surface area (Å²) in [6, 6.07) is 0.302. The molecule has 1 aromatic heterocycles. The molecule has 1 aromatic rings. The van der Waals surface area contributed by atoms with Crippen molar-refractivity contribution in [1.29, 1.82) is 0 Å². The van der Waals surface area contributed by atoms with E-state index in [1.54, 1.807) is 0 Å². The standard InChI is InChI=1S/C19H30N4O2/c1-3-25-17-11-16(19(17)9-4-5-10-19)22-18(24)21-14-7-6-8-15-13(14)12-20-23(15)2/h12,14,16-17H,3-11H2,1-2H3,(H2,21,22,24)/t14-,16-,17-/m1/s1. The van der Waals surface area contributed by atoms with E-state index in [1.165, 1.54) is 36.9 Å². The predicted octanol–water partition coefficient (Wildman–Crippen LogP) is 2.83. The number of aromatic nitrogens is 2. The molecule has 0 aliphatic heterocycles. The van der Waals surface area contributed by atoms with Gasteiger partial charge in [0.05, 0.1) is 18.3 Å². The third-order valence-corrected chi connectivity index (χ3v) is 6.67. The van der Waals surface area contributed by atoms with Crippen molar-refractivity contribution in [2.24, 2.45) is 12.5 Å². The lowest BCUT2D eigenvalue weighted by molar-refractivity contribution is -0.126. The molecule has 3 aliphatic carbocycles. The number of fused-ring (bicyclic) bond motifs is 1. The summed E-state index contributed by atoms with van der Waals surface area (Å²) in [5, 5.41) is 10.8. The van der Waals surface area contributed by atoms with E-state index in [1.807, 2.05) is 17.9 Å². The van der Waals surface area contributed by atoms with Crippen LogP contribution in [0.3, 0.4) is 0 Å². The van der Waals surface area contributed by atoms with E-state index < -0.39 is 0 Å². The minimum absolute atomic E-state index is 0.0343. The number of urea groups is 1. The van der Waals surface area contributed by atoms with Crippen molar-refractivity contribution in [1.82, 2.24) is 20.4 Å². The van der Waals surface area contributed by atoms with Crippen molar-refractivity contribution in [3.63, 3.8) is 0 Å². The Morgan fingerprint density at radius 3 is 2.92 bits per heavy atom. The number of nitrogens with one attached hydrogen (secondary N) is 2. The van der Waals surface area contributed by atoms with E-state index >= 15 is 0 Å². The Morgan fingerprint density at radius 1 is 1.36 bits per heavy atom. The van der Waals surface area contributed by atoms with Gasteiger partial charge in [0, 0.05) is 36.4 Å². The Labute approximate surface area is 149 Å². The normalized spacial score (nSPS) is 29.9. The van der Waals surface area contributed by atoms with Crippen molar-refractivity contribution in [2.75, 3.05) is 6.61 Å². The summed E-state index contributed by atoms with van der Waals surface area (Å²) in [6.45, 7) is 2.82. The largest absolute Gasteiger partial charge is 0.378 e. The summed E-state index contributed by atoms with van der Waals surface area (Å²) in [7, 11) is 1.98. The average Bonchev–Trinajstić information content (AvgIpc) is 3.24. The van der Waals surface area contributed by atoms with E-state index in [4.69, 9.17) is 4.74 Å². The van der Waals surface area contributed by atoms with Gasteiger partial charge in [-0.2, -0.15) is 5.10 Å². The highest BCUT2D eigenvalue weighted by atomic mass is 16.5. The van der Waals surface area contributed by atoms with E-state index in [0.29, 0.717) is 6.10 Å². The Hall–Kier alpha value is -1.56. The third kappa shape index (κ3) is 2.84. The molecule has 2 saturated carbocycles. The van der Waals surface area contributed by atoms with Crippen LogP contribution in [0.15, 0.2) is 6.20 Å². The first-order valence-corrected chi connectivity index (χ1v) is 9.83. The van der Waals surface area contributed by atoms with Crippen molar-refractivity contribution < 1.29 is 9.53 Å². The molecule has 6 nitrogen and oxygen atoms in total. The van der Waals surface area contributed by atoms with Gasteiger partial charge in [-0.15, -0.1) is 0 Å². The van der Waals surface area contributed by atoms with Crippen LogP contribution in [-0.4, -0.2) is 34.6 Å². The lowest BCUT2D eigenvalue weighted by Gasteiger charge is -2.54. The van der Waals surface area contributed by atoms with Gasteiger partial charge in [0.15, 0.2) is 0 Å². The topological polar surface area (TPSA) is 68.2 Å². The van der Waals surface area contributed by atoms with E-state index in [2.05, 4.69) is 22.7 Å². The summed E-state index contributed by atoms with van der Waals surface area (Å²) in [4.78, 5) is 12.6. The van der Waals surface area contributed by atoms with Crippen LogP contribution in [-0.2, 0) is 18.2 Å². The van der Waals surface area contributed by atoms with E-state index in [0.717, 1.165) is 32.3 Å². The molecule has 0 unspecified atom stereocenters. The number of amides is 2. The van der Waals surface area contributed by atoms with E-state index in [-0.39, 0.29) is 23.5 Å². The summed E-state index contributed by atoms with van der Waals surface area (Å²) in [5.74, 6) is 0. The molecule has 138 valence electrons. The van der Waals surface area contributed by atoms with E-state index in [9.17, 15) is 4.79 Å². The van der Waals surface area contributed by atoms with Gasteiger partial charge >= 0.3 is 6.03 Å². The SMILES string of the molecule is CCO[C@@H]1C[C@@H](NC(=O)N[C@@H]2CCCc3c2cnn3C)C12CCCC2. The van der Waals surface area contributed by atoms with Gasteiger partial charge < -0.3 is 15.4 Å². The van der Waals surface area contributed by atoms with Crippen LogP contribution in [0.5, 0.6) is 0 Å². The molecule has 0 saturated heterocycles. The maximum absolute atomic E-state index is 12.6. The van der Waals surface area contributed by atoms with Gasteiger partial charge in [-0.25, -0.2) is 4.79 Å². The van der Waals surface area contributed by atoms with Crippen molar-refractivity contribution in [2.45, 2.75) is 76.5 Å². The monoisotopic (exact) mass is 346 g/mol. The van der Waals surface area contributed by atoms with Crippen LogP contribution >= 0.6 is 0 Å². The predicted molar refractivity (Wildman–Crippen MR) is 95.3 cm³/mol. The molecule has 0 radical (unpaired) electrons.